The van der Waals surface area contributed by atoms with Crippen LogP contribution in [0.3, 0.4) is 0 Å². The molecule has 0 fully saturated rings. The monoisotopic (exact) mass is 758 g/mol. The van der Waals surface area contributed by atoms with Crippen LogP contribution in [0.25, 0.3) is 120 Å². The molecule has 0 spiro atoms. The topological polar surface area (TPSA) is 64.7 Å². The van der Waals surface area contributed by atoms with Gasteiger partial charge in [0, 0.05) is 42.4 Å². The predicted molar refractivity (Wildman–Crippen MR) is 240 cm³/mol. The van der Waals surface area contributed by atoms with E-state index in [1.807, 2.05) is 36.4 Å². The van der Waals surface area contributed by atoms with Crippen molar-refractivity contribution < 1.29 is 4.42 Å². The highest BCUT2D eigenvalue weighted by Crippen LogP contribution is 2.44. The second-order valence-electron chi connectivity index (χ2n) is 14.6. The molecule has 12 rings (SSSR count). The van der Waals surface area contributed by atoms with Crippen LogP contribution in [0.5, 0.6) is 0 Å². The Labute approximate surface area is 336 Å². The van der Waals surface area contributed by atoms with Crippen molar-refractivity contribution in [1.82, 2.24) is 19.9 Å². The van der Waals surface area contributed by atoms with Crippen LogP contribution in [-0.2, 0) is 0 Å². The van der Waals surface area contributed by atoms with Crippen molar-refractivity contribution in [3.8, 4) is 56.7 Å². The second-order valence-corrected chi connectivity index (χ2v) is 15.7. The third-order valence-corrected chi connectivity index (χ3v) is 12.3. The summed E-state index contributed by atoms with van der Waals surface area (Å²) < 4.78 is 8.71. The lowest BCUT2D eigenvalue weighted by atomic mass is 9.94. The highest BCUT2D eigenvalue weighted by Gasteiger charge is 2.20. The lowest BCUT2D eigenvalue weighted by molar-refractivity contribution is 0.620. The summed E-state index contributed by atoms with van der Waals surface area (Å²) in [5.74, 6) is 2.48. The summed E-state index contributed by atoms with van der Waals surface area (Å²) in [6.45, 7) is 0. The maximum atomic E-state index is 6.35. The Balaban J connectivity index is 1.09. The van der Waals surface area contributed by atoms with Crippen LogP contribution in [0.1, 0.15) is 0 Å². The first-order valence-electron chi connectivity index (χ1n) is 19.3. The average molecular weight is 759 g/mol. The minimum atomic E-state index is 0.612. The number of oxazole rings is 1. The Kier molecular flexibility index (Phi) is 7.33. The van der Waals surface area contributed by atoms with E-state index in [1.54, 1.807) is 11.3 Å². The van der Waals surface area contributed by atoms with Gasteiger partial charge in [-0.1, -0.05) is 133 Å². The highest BCUT2D eigenvalue weighted by molar-refractivity contribution is 7.26. The fourth-order valence-corrected chi connectivity index (χ4v) is 9.48. The summed E-state index contributed by atoms with van der Waals surface area (Å²) in [4.78, 5) is 20.8. The van der Waals surface area contributed by atoms with Crippen LogP contribution < -0.4 is 0 Å². The molecule has 0 bridgehead atoms. The predicted octanol–water partition coefficient (Wildman–Crippen LogP) is 14.2. The zero-order valence-corrected chi connectivity index (χ0v) is 31.7. The Morgan fingerprint density at radius 3 is 1.74 bits per heavy atom. The van der Waals surface area contributed by atoms with E-state index in [0.29, 0.717) is 23.4 Å². The third-order valence-electron chi connectivity index (χ3n) is 11.1. The number of nitrogens with zero attached hydrogens (tertiary/aromatic N) is 4. The molecule has 0 saturated carbocycles. The van der Waals surface area contributed by atoms with Crippen molar-refractivity contribution in [3.63, 3.8) is 0 Å². The number of fused-ring (bicyclic) bond motifs is 9. The summed E-state index contributed by atoms with van der Waals surface area (Å²) in [5.41, 5.74) is 7.73. The summed E-state index contributed by atoms with van der Waals surface area (Å²) in [7, 11) is 0. The number of thiophene rings is 1. The summed E-state index contributed by atoms with van der Waals surface area (Å²) in [5, 5.41) is 9.04. The van der Waals surface area contributed by atoms with E-state index < -0.39 is 0 Å². The van der Waals surface area contributed by atoms with Gasteiger partial charge < -0.3 is 4.42 Å². The summed E-state index contributed by atoms with van der Waals surface area (Å²) in [6.07, 6.45) is 0. The minimum absolute atomic E-state index is 0.612. The van der Waals surface area contributed by atoms with E-state index in [0.717, 1.165) is 71.1 Å². The molecule has 0 atom stereocenters. The van der Waals surface area contributed by atoms with Gasteiger partial charge in [-0.3, -0.25) is 0 Å². The molecule has 0 aliphatic rings. The number of rotatable bonds is 5. The van der Waals surface area contributed by atoms with Gasteiger partial charge in [0.05, 0.1) is 0 Å². The fourth-order valence-electron chi connectivity index (χ4n) is 8.35. The number of hydrogen-bond donors (Lipinski definition) is 0. The molecule has 58 heavy (non-hydrogen) atoms. The van der Waals surface area contributed by atoms with Gasteiger partial charge in [0.15, 0.2) is 23.1 Å². The summed E-state index contributed by atoms with van der Waals surface area (Å²) in [6, 6.07) is 63.4. The van der Waals surface area contributed by atoms with Crippen molar-refractivity contribution in [1.29, 1.82) is 0 Å². The lowest BCUT2D eigenvalue weighted by Crippen LogP contribution is -2.01. The molecule has 9 aromatic carbocycles. The van der Waals surface area contributed by atoms with Crippen LogP contribution in [-0.4, -0.2) is 19.9 Å². The molecule has 270 valence electrons. The van der Waals surface area contributed by atoms with E-state index in [-0.39, 0.29) is 0 Å². The molecule has 6 heteroatoms. The van der Waals surface area contributed by atoms with Crippen molar-refractivity contribution in [3.05, 3.63) is 182 Å². The Morgan fingerprint density at radius 2 is 0.948 bits per heavy atom. The Hall–Kier alpha value is -7.54. The van der Waals surface area contributed by atoms with Crippen LogP contribution in [0, 0.1) is 0 Å². The van der Waals surface area contributed by atoms with Gasteiger partial charge in [0.2, 0.25) is 5.89 Å². The molecule has 5 nitrogen and oxygen atoms in total. The molecule has 3 aromatic heterocycles. The van der Waals surface area contributed by atoms with Crippen molar-refractivity contribution in [2.45, 2.75) is 0 Å². The SMILES string of the molecule is c1ccc(-c2nc3c(ccc4sc5ccc6ccc(-c7nc(-c8ccc9ccccc9c8)nc(-c8ccc(-c9ccccc9)c9ccccc89)n7)cc6c5c43)o2)cc1. The van der Waals surface area contributed by atoms with Crippen LogP contribution in [0.2, 0.25) is 0 Å². The molecule has 3 heterocycles. The first-order valence-corrected chi connectivity index (χ1v) is 20.1. The van der Waals surface area contributed by atoms with E-state index >= 15 is 0 Å². The van der Waals surface area contributed by atoms with Crippen LogP contribution >= 0.6 is 11.3 Å². The molecule has 0 N–H and O–H groups in total. The Morgan fingerprint density at radius 1 is 0.362 bits per heavy atom. The first-order chi connectivity index (χ1) is 28.7. The fraction of sp³-hybridized carbons (Fsp3) is 0. The highest BCUT2D eigenvalue weighted by atomic mass is 32.1. The van der Waals surface area contributed by atoms with E-state index in [1.165, 1.54) is 25.9 Å². The van der Waals surface area contributed by atoms with E-state index in [4.69, 9.17) is 24.4 Å². The normalized spacial score (nSPS) is 11.8. The van der Waals surface area contributed by atoms with E-state index in [2.05, 4.69) is 146 Å². The lowest BCUT2D eigenvalue weighted by Gasteiger charge is -2.13. The molecule has 0 radical (unpaired) electrons. The molecule has 0 amide bonds. The van der Waals surface area contributed by atoms with Crippen molar-refractivity contribution in [2.24, 2.45) is 0 Å². The van der Waals surface area contributed by atoms with Gasteiger partial charge in [0.1, 0.15) is 5.52 Å². The minimum Gasteiger partial charge on any atom is -0.436 e. The largest absolute Gasteiger partial charge is 0.436 e. The summed E-state index contributed by atoms with van der Waals surface area (Å²) >= 11 is 1.78. The molecule has 0 unspecified atom stereocenters. The average Bonchev–Trinajstić information content (AvgIpc) is 3.91. The van der Waals surface area contributed by atoms with Gasteiger partial charge >= 0.3 is 0 Å². The van der Waals surface area contributed by atoms with E-state index in [9.17, 15) is 0 Å². The molecule has 12 aromatic rings. The quantitative estimate of drug-likeness (QED) is 0.175. The number of aromatic nitrogens is 4. The zero-order valence-electron chi connectivity index (χ0n) is 30.9. The van der Waals surface area contributed by atoms with Gasteiger partial charge in [0.25, 0.3) is 0 Å². The van der Waals surface area contributed by atoms with Gasteiger partial charge in [-0.2, -0.15) is 0 Å². The smallest absolute Gasteiger partial charge is 0.227 e. The molecular formula is C52H30N4OS. The van der Waals surface area contributed by atoms with Crippen molar-refractivity contribution in [2.75, 3.05) is 0 Å². The van der Waals surface area contributed by atoms with Crippen LogP contribution in [0.4, 0.5) is 0 Å². The second kappa shape index (κ2) is 13.0. The first kappa shape index (κ1) is 32.7. The maximum Gasteiger partial charge on any atom is 0.227 e. The van der Waals surface area contributed by atoms with Gasteiger partial charge in [-0.25, -0.2) is 19.9 Å². The molecule has 0 aliphatic carbocycles. The Bertz CT molecular complexity index is 3570. The standard InChI is InChI=1S/C52H30N4OS/c1-3-12-32(13-4-1)38-24-25-41(40-18-10-9-17-39(38)40)51-55-49(36-21-19-31-11-7-8-16-35(31)29-36)54-50(56-51)37-22-20-33-23-27-44-46(42(33)30-37)47-45(58-44)28-26-43-48(47)53-52(57-43)34-14-5-2-6-15-34/h1-30H. The molecule has 0 aliphatic heterocycles. The van der Waals surface area contributed by atoms with Crippen LogP contribution in [0.15, 0.2) is 186 Å². The van der Waals surface area contributed by atoms with Crippen molar-refractivity contribution >= 4 is 74.9 Å². The van der Waals surface area contributed by atoms with Gasteiger partial charge in [-0.05, 0) is 92.0 Å². The molecular weight excluding hydrogens is 729 g/mol. The number of hydrogen-bond acceptors (Lipinski definition) is 6. The number of benzene rings is 9. The zero-order chi connectivity index (χ0) is 38.2. The van der Waals surface area contributed by atoms with Gasteiger partial charge in [-0.15, -0.1) is 11.3 Å². The maximum absolute atomic E-state index is 6.35. The molecule has 0 saturated heterocycles. The third kappa shape index (κ3) is 5.30.